The van der Waals surface area contributed by atoms with E-state index in [-0.39, 0.29) is 0 Å². The van der Waals surface area contributed by atoms with E-state index in [4.69, 9.17) is 24.9 Å². The van der Waals surface area contributed by atoms with Crippen LogP contribution in [0.3, 0.4) is 0 Å². The van der Waals surface area contributed by atoms with Crippen LogP contribution in [-0.2, 0) is 0 Å². The Labute approximate surface area is 495 Å². The molecule has 9 nitrogen and oxygen atoms in total. The summed E-state index contributed by atoms with van der Waals surface area (Å²) in [5, 5.41) is 4.79. The topological polar surface area (TPSA) is 100 Å². The smallest absolute Gasteiger partial charge is 0.159 e. The van der Waals surface area contributed by atoms with Crippen molar-refractivity contribution < 1.29 is 0 Å². The van der Waals surface area contributed by atoms with E-state index in [2.05, 4.69) is 225 Å². The average Bonchev–Trinajstić information content (AvgIpc) is 2.64. The molecule has 16 rings (SSSR count). The average molecular weight is 1100 g/mol. The summed E-state index contributed by atoms with van der Waals surface area (Å²) in [4.78, 5) is 34.3. The van der Waals surface area contributed by atoms with Gasteiger partial charge in [-0.05, 0) is 173 Å². The van der Waals surface area contributed by atoms with Crippen molar-refractivity contribution >= 4 is 43.6 Å². The minimum absolute atomic E-state index is 0.645. The van der Waals surface area contributed by atoms with Crippen molar-refractivity contribution in [3.8, 4) is 113 Å². The third kappa shape index (κ3) is 9.13. The molecule has 0 spiro atoms. The Kier molecular flexibility index (Phi) is 12.3. The van der Waals surface area contributed by atoms with Crippen LogP contribution in [0.1, 0.15) is 0 Å². The van der Waals surface area contributed by atoms with Crippen molar-refractivity contribution in [3.05, 3.63) is 298 Å². The molecule has 0 bridgehead atoms. The number of para-hydroxylation sites is 3. The SMILES string of the molecule is c1ccc(-c2cc(-c3cnc(-c4ccc(-n5c6ccccc6c6cc(-c7cccc(-c8cc(-c9ccc(-c%10ccc(-n%11c%12ccccc%12c%12ccccc%12%11)cc%10)cc9)cc(-c9ccccn9)n8)n7)ccc65)cc4)nc3)cc(-c3ccccn3)c2)nc1. The predicted molar refractivity (Wildman–Crippen MR) is 349 cm³/mol. The number of rotatable bonds is 11. The lowest BCUT2D eigenvalue weighted by Gasteiger charge is -2.12. The van der Waals surface area contributed by atoms with Crippen molar-refractivity contribution in [2.75, 3.05) is 0 Å². The third-order valence-corrected chi connectivity index (χ3v) is 16.2. The van der Waals surface area contributed by atoms with Gasteiger partial charge in [-0.1, -0.05) is 121 Å². The second-order valence-electron chi connectivity index (χ2n) is 21.4. The summed E-state index contributed by atoms with van der Waals surface area (Å²) in [6, 6.07) is 93.3. The highest BCUT2D eigenvalue weighted by Crippen LogP contribution is 2.39. The monoisotopic (exact) mass is 1100 g/mol. The van der Waals surface area contributed by atoms with Gasteiger partial charge in [-0.2, -0.15) is 0 Å². The summed E-state index contributed by atoms with van der Waals surface area (Å²) < 4.78 is 4.68. The van der Waals surface area contributed by atoms with E-state index in [1.54, 1.807) is 0 Å². The minimum Gasteiger partial charge on any atom is -0.309 e. The molecule has 0 N–H and O–H groups in total. The first-order valence-corrected chi connectivity index (χ1v) is 28.7. The Morgan fingerprint density at radius 2 is 0.605 bits per heavy atom. The molecular weight excluding hydrogens is 1050 g/mol. The number of hydrogen-bond donors (Lipinski definition) is 0. The van der Waals surface area contributed by atoms with E-state index < -0.39 is 0 Å². The van der Waals surface area contributed by atoms with Crippen LogP contribution in [0.4, 0.5) is 0 Å². The van der Waals surface area contributed by atoms with Gasteiger partial charge in [-0.25, -0.2) is 19.9 Å². The van der Waals surface area contributed by atoms with Gasteiger partial charge >= 0.3 is 0 Å². The van der Waals surface area contributed by atoms with Crippen LogP contribution >= 0.6 is 0 Å². The van der Waals surface area contributed by atoms with Crippen molar-refractivity contribution in [1.29, 1.82) is 0 Å². The molecule has 0 saturated heterocycles. The van der Waals surface area contributed by atoms with Gasteiger partial charge in [0.1, 0.15) is 0 Å². The van der Waals surface area contributed by atoms with Crippen LogP contribution in [0, 0.1) is 0 Å². The van der Waals surface area contributed by atoms with Crippen LogP contribution in [0.2, 0.25) is 0 Å². The maximum atomic E-state index is 5.33. The molecule has 0 saturated carbocycles. The third-order valence-electron chi connectivity index (χ3n) is 16.2. The van der Waals surface area contributed by atoms with Crippen molar-refractivity contribution in [1.82, 2.24) is 44.0 Å². The number of pyridine rings is 5. The highest BCUT2D eigenvalue weighted by atomic mass is 15.0. The molecule has 0 radical (unpaired) electrons. The quantitative estimate of drug-likeness (QED) is 0.127. The van der Waals surface area contributed by atoms with Crippen LogP contribution in [0.15, 0.2) is 298 Å². The summed E-state index contributed by atoms with van der Waals surface area (Å²) in [6.07, 6.45) is 9.23. The van der Waals surface area contributed by atoms with Crippen LogP contribution in [0.25, 0.3) is 156 Å². The lowest BCUT2D eigenvalue weighted by molar-refractivity contribution is 1.16. The highest BCUT2D eigenvalue weighted by molar-refractivity contribution is 6.11. The number of aromatic nitrogens is 9. The fraction of sp³-hybridized carbons (Fsp3) is 0. The Bertz CT molecular complexity index is 5070. The Morgan fingerprint density at radius 3 is 1.15 bits per heavy atom. The van der Waals surface area contributed by atoms with Gasteiger partial charge in [0, 0.05) is 91.7 Å². The number of benzene rings is 8. The second-order valence-corrected chi connectivity index (χ2v) is 21.4. The molecule has 86 heavy (non-hydrogen) atoms. The standard InChI is InChI=1S/C77H49N9/c1-4-22-73-62(14-1)63-15-2-5-23-74(63)85(73)60-34-29-51(30-35-60)50-25-27-52(28-26-50)56-46-71(69-19-9-12-41-80-69)84-72(47-56)70-21-13-20-68(83-70)54-33-38-76-65(45-54)64-16-3-6-24-75(64)86(76)61-36-31-53(32-37-61)77-81-48-59(49-82-77)55-42-57(66-17-7-10-39-78-66)44-58(43-55)67-18-8-11-40-79-67/h1-49H. The fourth-order valence-corrected chi connectivity index (χ4v) is 12.0. The van der Waals surface area contributed by atoms with E-state index in [9.17, 15) is 0 Å². The minimum atomic E-state index is 0.645. The molecule has 8 aromatic heterocycles. The molecule has 0 unspecified atom stereocenters. The maximum absolute atomic E-state index is 5.33. The van der Waals surface area contributed by atoms with Crippen molar-refractivity contribution in [2.45, 2.75) is 0 Å². The molecule has 16 aromatic rings. The van der Waals surface area contributed by atoms with E-state index in [1.165, 1.54) is 21.8 Å². The Hall–Kier alpha value is -11.8. The molecule has 0 aliphatic rings. The summed E-state index contributed by atoms with van der Waals surface area (Å²) in [7, 11) is 0. The van der Waals surface area contributed by atoms with Gasteiger partial charge in [0.2, 0.25) is 0 Å². The fourth-order valence-electron chi connectivity index (χ4n) is 12.0. The number of fused-ring (bicyclic) bond motifs is 6. The van der Waals surface area contributed by atoms with Gasteiger partial charge in [-0.3, -0.25) is 15.0 Å². The molecule has 0 amide bonds. The van der Waals surface area contributed by atoms with Crippen LogP contribution in [0.5, 0.6) is 0 Å². The van der Waals surface area contributed by atoms with Gasteiger partial charge in [0.25, 0.3) is 0 Å². The Balaban J connectivity index is 0.686. The van der Waals surface area contributed by atoms with Crippen LogP contribution in [-0.4, -0.2) is 44.0 Å². The lowest BCUT2D eigenvalue weighted by Crippen LogP contribution is -1.96. The van der Waals surface area contributed by atoms with Crippen molar-refractivity contribution in [2.24, 2.45) is 0 Å². The zero-order chi connectivity index (χ0) is 56.9. The molecule has 9 heteroatoms. The molecule has 8 aromatic carbocycles. The van der Waals surface area contributed by atoms with E-state index in [0.717, 1.165) is 129 Å². The molecule has 0 aliphatic heterocycles. The summed E-state index contributed by atoms with van der Waals surface area (Å²) >= 11 is 0. The largest absolute Gasteiger partial charge is 0.309 e. The number of nitrogens with zero attached hydrogens (tertiary/aromatic N) is 9. The first kappa shape index (κ1) is 50.0. The second kappa shape index (κ2) is 21.2. The predicted octanol–water partition coefficient (Wildman–Crippen LogP) is 18.6. The van der Waals surface area contributed by atoms with E-state index in [1.807, 2.05) is 91.6 Å². The summed E-state index contributed by atoms with van der Waals surface area (Å²) in [5.41, 5.74) is 22.7. The highest BCUT2D eigenvalue weighted by Gasteiger charge is 2.18. The zero-order valence-corrected chi connectivity index (χ0v) is 46.3. The summed E-state index contributed by atoms with van der Waals surface area (Å²) in [5.74, 6) is 0.645. The van der Waals surface area contributed by atoms with Gasteiger partial charge in [-0.15, -0.1) is 0 Å². The summed E-state index contributed by atoms with van der Waals surface area (Å²) in [6.45, 7) is 0. The van der Waals surface area contributed by atoms with Gasteiger partial charge < -0.3 is 9.13 Å². The normalized spacial score (nSPS) is 11.5. The van der Waals surface area contributed by atoms with E-state index >= 15 is 0 Å². The molecule has 402 valence electrons. The number of hydrogen-bond acceptors (Lipinski definition) is 7. The van der Waals surface area contributed by atoms with Gasteiger partial charge in [0.05, 0.1) is 61.9 Å². The molecular formula is C77H49N9. The van der Waals surface area contributed by atoms with Gasteiger partial charge in [0.15, 0.2) is 5.82 Å². The van der Waals surface area contributed by atoms with E-state index in [0.29, 0.717) is 5.82 Å². The molecule has 0 aliphatic carbocycles. The Morgan fingerprint density at radius 1 is 0.209 bits per heavy atom. The zero-order valence-electron chi connectivity index (χ0n) is 46.3. The lowest BCUT2D eigenvalue weighted by atomic mass is 9.98. The van der Waals surface area contributed by atoms with Crippen molar-refractivity contribution in [3.63, 3.8) is 0 Å². The maximum Gasteiger partial charge on any atom is 0.159 e. The molecule has 8 heterocycles. The molecule has 0 atom stereocenters. The van der Waals surface area contributed by atoms with Crippen LogP contribution < -0.4 is 0 Å². The first-order chi connectivity index (χ1) is 42.6. The first-order valence-electron chi connectivity index (χ1n) is 28.7. The molecule has 0 fully saturated rings.